The van der Waals surface area contributed by atoms with E-state index in [2.05, 4.69) is 16.2 Å². The lowest BCUT2D eigenvalue weighted by Gasteiger charge is -2.23. The first-order chi connectivity index (χ1) is 16.6. The molecule has 0 radical (unpaired) electrons. The summed E-state index contributed by atoms with van der Waals surface area (Å²) in [5.41, 5.74) is 3.93. The molecule has 3 heterocycles. The van der Waals surface area contributed by atoms with E-state index in [1.165, 1.54) is 12.1 Å². The zero-order valence-corrected chi connectivity index (χ0v) is 18.9. The van der Waals surface area contributed by atoms with Gasteiger partial charge in [0.15, 0.2) is 5.82 Å². The fraction of sp³-hybridized carbons (Fsp3) is 0.231. The van der Waals surface area contributed by atoms with E-state index in [4.69, 9.17) is 9.72 Å². The first-order valence-corrected chi connectivity index (χ1v) is 11.1. The number of aromatic nitrogens is 5. The van der Waals surface area contributed by atoms with Crippen molar-refractivity contribution in [3.63, 3.8) is 0 Å². The first kappa shape index (κ1) is 21.6. The third kappa shape index (κ3) is 4.08. The van der Waals surface area contributed by atoms with Gasteiger partial charge in [-0.3, -0.25) is 0 Å². The van der Waals surface area contributed by atoms with Crippen molar-refractivity contribution in [2.24, 2.45) is 0 Å². The SMILES string of the molecule is COc1cc(/C=C/c2nc3n(n2)CCC[C@H]3c2ccc(F)cc2C#N)ccc1-n1cnc(C)c1. The Morgan fingerprint density at radius 1 is 1.21 bits per heavy atom. The molecule has 0 spiro atoms. The molecule has 0 amide bonds. The fourth-order valence-electron chi connectivity index (χ4n) is 4.40. The van der Waals surface area contributed by atoms with E-state index in [1.54, 1.807) is 19.5 Å². The fourth-order valence-corrected chi connectivity index (χ4v) is 4.40. The average Bonchev–Trinajstić information content (AvgIpc) is 3.48. The Hall–Kier alpha value is -4.25. The van der Waals surface area contributed by atoms with Crippen molar-refractivity contribution in [2.75, 3.05) is 7.11 Å². The van der Waals surface area contributed by atoms with Gasteiger partial charge in [0.1, 0.15) is 17.4 Å². The zero-order chi connectivity index (χ0) is 23.7. The smallest absolute Gasteiger partial charge is 0.174 e. The summed E-state index contributed by atoms with van der Waals surface area (Å²) in [6.45, 7) is 2.71. The molecule has 0 unspecified atom stereocenters. The monoisotopic (exact) mass is 454 g/mol. The van der Waals surface area contributed by atoms with Crippen LogP contribution in [0.4, 0.5) is 4.39 Å². The van der Waals surface area contributed by atoms with Crippen molar-refractivity contribution in [3.05, 3.63) is 88.8 Å². The van der Waals surface area contributed by atoms with E-state index in [-0.39, 0.29) is 5.92 Å². The van der Waals surface area contributed by atoms with Crippen LogP contribution >= 0.6 is 0 Å². The molecule has 7 nitrogen and oxygen atoms in total. The average molecular weight is 455 g/mol. The number of methoxy groups -OCH3 is 1. The van der Waals surface area contributed by atoms with Gasteiger partial charge in [-0.05, 0) is 61.2 Å². The van der Waals surface area contributed by atoms with Crippen LogP contribution in [0.1, 0.15) is 52.8 Å². The molecule has 1 aliphatic rings. The lowest BCUT2D eigenvalue weighted by atomic mass is 9.88. The number of halogens is 1. The molecule has 0 saturated carbocycles. The Morgan fingerprint density at radius 3 is 2.85 bits per heavy atom. The van der Waals surface area contributed by atoms with Crippen molar-refractivity contribution in [1.29, 1.82) is 5.26 Å². The highest BCUT2D eigenvalue weighted by Crippen LogP contribution is 2.34. The van der Waals surface area contributed by atoms with Crippen molar-refractivity contribution in [2.45, 2.75) is 32.2 Å². The first-order valence-electron chi connectivity index (χ1n) is 11.1. The lowest BCUT2D eigenvalue weighted by molar-refractivity contribution is 0.413. The Kier molecular flexibility index (Phi) is 5.68. The number of nitriles is 1. The van der Waals surface area contributed by atoms with Crippen LogP contribution in [0, 0.1) is 24.1 Å². The van der Waals surface area contributed by atoms with Crippen LogP contribution in [-0.2, 0) is 6.54 Å². The molecule has 1 aliphatic heterocycles. The van der Waals surface area contributed by atoms with Crippen molar-refractivity contribution < 1.29 is 9.13 Å². The summed E-state index contributed by atoms with van der Waals surface area (Å²) in [7, 11) is 1.65. The number of benzene rings is 2. The van der Waals surface area contributed by atoms with Crippen LogP contribution in [0.3, 0.4) is 0 Å². The van der Waals surface area contributed by atoms with Gasteiger partial charge in [-0.25, -0.2) is 19.0 Å². The summed E-state index contributed by atoms with van der Waals surface area (Å²) < 4.78 is 23.0. The van der Waals surface area contributed by atoms with Crippen LogP contribution in [-0.4, -0.2) is 31.4 Å². The maximum atomic E-state index is 13.6. The molecular weight excluding hydrogens is 431 g/mol. The van der Waals surface area contributed by atoms with Crippen molar-refractivity contribution >= 4 is 12.2 Å². The minimum Gasteiger partial charge on any atom is -0.495 e. The minimum absolute atomic E-state index is 0.0864. The van der Waals surface area contributed by atoms with E-state index in [0.29, 0.717) is 11.4 Å². The molecule has 0 N–H and O–H groups in total. The highest BCUT2D eigenvalue weighted by atomic mass is 19.1. The van der Waals surface area contributed by atoms with Crippen LogP contribution < -0.4 is 4.74 Å². The van der Waals surface area contributed by atoms with Crippen LogP contribution in [0.2, 0.25) is 0 Å². The number of imidazole rings is 1. The maximum Gasteiger partial charge on any atom is 0.174 e. The molecule has 0 aliphatic carbocycles. The highest BCUT2D eigenvalue weighted by Gasteiger charge is 2.27. The number of hydrogen-bond donors (Lipinski definition) is 0. The molecule has 2 aromatic heterocycles. The standard InChI is InChI=1S/C26H23FN6O/c1-17-15-32(16-29-17)23-9-5-18(12-24(23)34-2)6-10-25-30-26-22(4-3-11-33(26)31-25)21-8-7-20(27)13-19(21)14-28/h5-10,12-13,15-16,22H,3-4,11H2,1-2H3/b10-6+/t22-/m0/s1. The summed E-state index contributed by atoms with van der Waals surface area (Å²) in [6, 6.07) is 12.4. The van der Waals surface area contributed by atoms with Gasteiger partial charge in [0.05, 0.1) is 36.5 Å². The topological polar surface area (TPSA) is 81.5 Å². The van der Waals surface area contributed by atoms with Crippen molar-refractivity contribution in [1.82, 2.24) is 24.3 Å². The number of nitrogens with zero attached hydrogens (tertiary/aromatic N) is 6. The molecular formula is C26H23FN6O. The van der Waals surface area contributed by atoms with Crippen LogP contribution in [0.25, 0.3) is 17.8 Å². The number of rotatable bonds is 5. The molecule has 1 atom stereocenters. The molecule has 2 aromatic carbocycles. The van der Waals surface area contributed by atoms with E-state index in [1.807, 2.05) is 52.7 Å². The summed E-state index contributed by atoms with van der Waals surface area (Å²) in [5.74, 6) is 1.63. The second-order valence-electron chi connectivity index (χ2n) is 8.28. The van der Waals surface area contributed by atoms with E-state index < -0.39 is 5.82 Å². The van der Waals surface area contributed by atoms with Crippen LogP contribution in [0.15, 0.2) is 48.9 Å². The highest BCUT2D eigenvalue weighted by molar-refractivity contribution is 5.69. The predicted molar refractivity (Wildman–Crippen MR) is 126 cm³/mol. The van der Waals surface area contributed by atoms with Crippen LogP contribution in [0.5, 0.6) is 5.75 Å². The lowest BCUT2D eigenvalue weighted by Crippen LogP contribution is -2.18. The third-order valence-corrected chi connectivity index (χ3v) is 6.02. The Balaban J connectivity index is 1.43. The van der Waals surface area contributed by atoms with E-state index in [9.17, 15) is 9.65 Å². The number of aryl methyl sites for hydroxylation is 2. The Labute approximate surface area is 196 Å². The number of ether oxygens (including phenoxy) is 1. The molecule has 170 valence electrons. The summed E-state index contributed by atoms with van der Waals surface area (Å²) in [6.07, 6.45) is 9.28. The maximum absolute atomic E-state index is 13.6. The molecule has 4 aromatic rings. The van der Waals surface area contributed by atoms with Gasteiger partial charge < -0.3 is 9.30 Å². The number of hydrogen-bond acceptors (Lipinski definition) is 5. The van der Waals surface area contributed by atoms with Gasteiger partial charge in [0, 0.05) is 18.7 Å². The molecule has 34 heavy (non-hydrogen) atoms. The van der Waals surface area contributed by atoms with Gasteiger partial charge in [0.2, 0.25) is 0 Å². The molecule has 0 saturated heterocycles. The van der Waals surface area contributed by atoms with Gasteiger partial charge in [-0.1, -0.05) is 18.2 Å². The summed E-state index contributed by atoms with van der Waals surface area (Å²) in [4.78, 5) is 9.03. The van der Waals surface area contributed by atoms with Gasteiger partial charge in [-0.2, -0.15) is 10.4 Å². The normalized spacial score (nSPS) is 15.3. The van der Waals surface area contributed by atoms with E-state index >= 15 is 0 Å². The minimum atomic E-state index is -0.411. The molecule has 0 fully saturated rings. The second kappa shape index (κ2) is 8.94. The predicted octanol–water partition coefficient (Wildman–Crippen LogP) is 4.89. The largest absolute Gasteiger partial charge is 0.495 e. The van der Waals surface area contributed by atoms with Gasteiger partial charge in [-0.15, -0.1) is 0 Å². The second-order valence-corrected chi connectivity index (χ2v) is 8.28. The summed E-state index contributed by atoms with van der Waals surface area (Å²) in [5, 5.41) is 14.1. The third-order valence-electron chi connectivity index (χ3n) is 6.02. The molecule has 0 bridgehead atoms. The van der Waals surface area contributed by atoms with Gasteiger partial charge >= 0.3 is 0 Å². The summed E-state index contributed by atoms with van der Waals surface area (Å²) >= 11 is 0. The number of fused-ring (bicyclic) bond motifs is 1. The van der Waals surface area contributed by atoms with Gasteiger partial charge in [0.25, 0.3) is 0 Å². The Bertz CT molecular complexity index is 1430. The van der Waals surface area contributed by atoms with E-state index in [0.717, 1.165) is 53.5 Å². The van der Waals surface area contributed by atoms with Crippen molar-refractivity contribution in [3.8, 4) is 17.5 Å². The Morgan fingerprint density at radius 2 is 2.09 bits per heavy atom. The quantitative estimate of drug-likeness (QED) is 0.429. The zero-order valence-electron chi connectivity index (χ0n) is 18.9. The molecule has 8 heteroatoms. The molecule has 5 rings (SSSR count).